The van der Waals surface area contributed by atoms with Crippen molar-refractivity contribution in [2.24, 2.45) is 0 Å². The highest BCUT2D eigenvalue weighted by Gasteiger charge is 2.15. The molecule has 0 saturated heterocycles. The molecule has 2 rings (SSSR count). The van der Waals surface area contributed by atoms with Crippen LogP contribution in [0.4, 0.5) is 0 Å². The van der Waals surface area contributed by atoms with Gasteiger partial charge in [-0.3, -0.25) is 0 Å². The van der Waals surface area contributed by atoms with E-state index in [1.807, 2.05) is 30.3 Å². The third kappa shape index (κ3) is 3.53. The van der Waals surface area contributed by atoms with E-state index in [1.54, 1.807) is 6.92 Å². The fourth-order valence-corrected chi connectivity index (χ4v) is 2.69. The topological polar surface area (TPSA) is 59.1 Å². The molecule has 2 aromatic rings. The molecule has 100 valence electrons. The number of halogens is 1. The number of aryl methyl sites for hydroxylation is 1. The smallest absolute Gasteiger partial charge is 0.242 e. The van der Waals surface area contributed by atoms with E-state index in [9.17, 15) is 8.42 Å². The Kier molecular flexibility index (Phi) is 4.19. The zero-order valence-electron chi connectivity index (χ0n) is 10.3. The van der Waals surface area contributed by atoms with Crippen LogP contribution >= 0.6 is 11.6 Å². The van der Waals surface area contributed by atoms with Crippen molar-refractivity contribution in [3.8, 4) is 0 Å². The predicted molar refractivity (Wildman–Crippen MR) is 74.5 cm³/mol. The third-order valence-corrected chi connectivity index (χ3v) is 4.37. The maximum absolute atomic E-state index is 12.1. The van der Waals surface area contributed by atoms with Crippen LogP contribution in [0.1, 0.15) is 11.1 Å². The lowest BCUT2D eigenvalue weighted by Crippen LogP contribution is -2.23. The second-order valence-corrected chi connectivity index (χ2v) is 6.21. The van der Waals surface area contributed by atoms with Gasteiger partial charge in [0.15, 0.2) is 0 Å². The first kappa shape index (κ1) is 14.0. The lowest BCUT2D eigenvalue weighted by molar-refractivity contribution is 0.581. The van der Waals surface area contributed by atoms with Crippen LogP contribution in [-0.4, -0.2) is 13.4 Å². The average molecular weight is 297 g/mol. The lowest BCUT2D eigenvalue weighted by atomic mass is 10.2. The fourth-order valence-electron chi connectivity index (χ4n) is 1.54. The molecule has 0 aliphatic rings. The van der Waals surface area contributed by atoms with Gasteiger partial charge in [-0.15, -0.1) is 0 Å². The number of nitrogens with one attached hydrogen (secondary N) is 1. The molecule has 0 spiro atoms. The highest BCUT2D eigenvalue weighted by molar-refractivity contribution is 7.89. The van der Waals surface area contributed by atoms with Crippen LogP contribution in [0.2, 0.25) is 5.15 Å². The Bertz CT molecular complexity index is 672. The monoisotopic (exact) mass is 296 g/mol. The number of benzene rings is 1. The van der Waals surface area contributed by atoms with Crippen LogP contribution in [0.5, 0.6) is 0 Å². The first-order valence-electron chi connectivity index (χ1n) is 5.65. The molecule has 19 heavy (non-hydrogen) atoms. The van der Waals surface area contributed by atoms with E-state index < -0.39 is 10.0 Å². The van der Waals surface area contributed by atoms with E-state index >= 15 is 0 Å². The van der Waals surface area contributed by atoms with Gasteiger partial charge in [0.1, 0.15) is 10.0 Å². The summed E-state index contributed by atoms with van der Waals surface area (Å²) in [5, 5.41) is 0.307. The molecule has 0 saturated carbocycles. The SMILES string of the molecule is Cc1cc(S(=O)(=O)NCc2ccccc2)cnc1Cl. The molecule has 0 aliphatic heterocycles. The van der Waals surface area contributed by atoms with Gasteiger partial charge in [0.2, 0.25) is 10.0 Å². The van der Waals surface area contributed by atoms with E-state index in [0.717, 1.165) is 5.56 Å². The standard InChI is InChI=1S/C13H13ClN2O2S/c1-10-7-12(9-15-13(10)14)19(17,18)16-8-11-5-3-2-4-6-11/h2-7,9,16H,8H2,1H3. The maximum Gasteiger partial charge on any atom is 0.242 e. The minimum atomic E-state index is -3.57. The summed E-state index contributed by atoms with van der Waals surface area (Å²) in [5.41, 5.74) is 1.52. The minimum absolute atomic E-state index is 0.116. The highest BCUT2D eigenvalue weighted by Crippen LogP contribution is 2.16. The zero-order chi connectivity index (χ0) is 13.9. The molecular weight excluding hydrogens is 284 g/mol. The Morgan fingerprint density at radius 2 is 1.95 bits per heavy atom. The van der Waals surface area contributed by atoms with Crippen molar-refractivity contribution < 1.29 is 8.42 Å². The molecule has 1 aromatic heterocycles. The van der Waals surface area contributed by atoms with Crippen molar-refractivity contribution >= 4 is 21.6 Å². The molecule has 0 unspecified atom stereocenters. The Hall–Kier alpha value is -1.43. The molecule has 0 aliphatic carbocycles. The highest BCUT2D eigenvalue weighted by atomic mass is 35.5. The summed E-state index contributed by atoms with van der Waals surface area (Å²) in [4.78, 5) is 3.96. The summed E-state index contributed by atoms with van der Waals surface area (Å²) in [6.45, 7) is 1.95. The van der Waals surface area contributed by atoms with Crippen LogP contribution in [-0.2, 0) is 16.6 Å². The molecule has 1 aromatic carbocycles. The van der Waals surface area contributed by atoms with Gasteiger partial charge < -0.3 is 0 Å². The molecule has 0 atom stereocenters. The summed E-state index contributed by atoms with van der Waals surface area (Å²) < 4.78 is 26.7. The zero-order valence-corrected chi connectivity index (χ0v) is 11.9. The molecule has 0 fully saturated rings. The van der Waals surface area contributed by atoms with Crippen molar-refractivity contribution in [2.75, 3.05) is 0 Å². The maximum atomic E-state index is 12.1. The molecular formula is C13H13ClN2O2S. The predicted octanol–water partition coefficient (Wildman–Crippen LogP) is 2.52. The number of nitrogens with zero attached hydrogens (tertiary/aromatic N) is 1. The second kappa shape index (κ2) is 5.69. The molecule has 0 radical (unpaired) electrons. The van der Waals surface area contributed by atoms with Gasteiger partial charge in [-0.25, -0.2) is 18.1 Å². The lowest BCUT2D eigenvalue weighted by Gasteiger charge is -2.07. The van der Waals surface area contributed by atoms with Crippen molar-refractivity contribution in [3.05, 3.63) is 58.9 Å². The summed E-state index contributed by atoms with van der Waals surface area (Å²) >= 11 is 5.78. The van der Waals surface area contributed by atoms with Crippen LogP contribution in [0.25, 0.3) is 0 Å². The van der Waals surface area contributed by atoms with Gasteiger partial charge in [-0.2, -0.15) is 0 Å². The van der Waals surface area contributed by atoms with Crippen molar-refractivity contribution in [1.82, 2.24) is 9.71 Å². The van der Waals surface area contributed by atoms with Crippen LogP contribution in [0, 0.1) is 6.92 Å². The average Bonchev–Trinajstić information content (AvgIpc) is 2.41. The Balaban J connectivity index is 2.16. The first-order valence-corrected chi connectivity index (χ1v) is 7.51. The summed E-state index contributed by atoms with van der Waals surface area (Å²) in [5.74, 6) is 0. The summed E-state index contributed by atoms with van der Waals surface area (Å²) in [6, 6.07) is 10.8. The van der Waals surface area contributed by atoms with Gasteiger partial charge >= 0.3 is 0 Å². The largest absolute Gasteiger partial charge is 0.243 e. The number of sulfonamides is 1. The van der Waals surface area contributed by atoms with Gasteiger partial charge in [0.05, 0.1) is 0 Å². The van der Waals surface area contributed by atoms with E-state index in [0.29, 0.717) is 10.7 Å². The van der Waals surface area contributed by atoms with Crippen LogP contribution in [0.3, 0.4) is 0 Å². The number of hydrogen-bond acceptors (Lipinski definition) is 3. The number of hydrogen-bond donors (Lipinski definition) is 1. The molecule has 1 N–H and O–H groups in total. The minimum Gasteiger partial charge on any atom is -0.243 e. The number of rotatable bonds is 4. The second-order valence-electron chi connectivity index (χ2n) is 4.09. The quantitative estimate of drug-likeness (QED) is 0.882. The molecule has 4 nitrogen and oxygen atoms in total. The van der Waals surface area contributed by atoms with Gasteiger partial charge in [0, 0.05) is 12.7 Å². The van der Waals surface area contributed by atoms with Crippen LogP contribution in [0.15, 0.2) is 47.5 Å². The fraction of sp³-hybridized carbons (Fsp3) is 0.154. The van der Waals surface area contributed by atoms with E-state index in [-0.39, 0.29) is 11.4 Å². The van der Waals surface area contributed by atoms with E-state index in [1.165, 1.54) is 12.3 Å². The normalized spacial score (nSPS) is 11.5. The molecule has 0 bridgehead atoms. The van der Waals surface area contributed by atoms with Crippen molar-refractivity contribution in [1.29, 1.82) is 0 Å². The molecule has 1 heterocycles. The first-order chi connectivity index (χ1) is 8.99. The summed E-state index contributed by atoms with van der Waals surface area (Å²) in [6.07, 6.45) is 1.25. The van der Waals surface area contributed by atoms with Crippen molar-refractivity contribution in [3.63, 3.8) is 0 Å². The number of aromatic nitrogens is 1. The van der Waals surface area contributed by atoms with Gasteiger partial charge in [-0.05, 0) is 24.1 Å². The molecule has 6 heteroatoms. The number of pyridine rings is 1. The van der Waals surface area contributed by atoms with Crippen molar-refractivity contribution in [2.45, 2.75) is 18.4 Å². The van der Waals surface area contributed by atoms with E-state index in [4.69, 9.17) is 11.6 Å². The van der Waals surface area contributed by atoms with E-state index in [2.05, 4.69) is 9.71 Å². The van der Waals surface area contributed by atoms with Gasteiger partial charge in [0.25, 0.3) is 0 Å². The van der Waals surface area contributed by atoms with Gasteiger partial charge in [-0.1, -0.05) is 41.9 Å². The third-order valence-electron chi connectivity index (χ3n) is 2.61. The Morgan fingerprint density at radius 1 is 1.26 bits per heavy atom. The summed E-state index contributed by atoms with van der Waals surface area (Å²) in [7, 11) is -3.57. The molecule has 0 amide bonds. The van der Waals surface area contributed by atoms with Crippen LogP contribution < -0.4 is 4.72 Å². The Morgan fingerprint density at radius 3 is 2.58 bits per heavy atom. The Labute approximate surface area is 117 Å².